The summed E-state index contributed by atoms with van der Waals surface area (Å²) in [6.07, 6.45) is -0.926. The molecule has 6 nitrogen and oxygen atoms in total. The number of piperidine rings is 1. The van der Waals surface area contributed by atoms with Crippen molar-refractivity contribution < 1.29 is 27.2 Å². The number of likely N-dealkylation sites (tertiary alicyclic amines) is 1. The number of halogens is 3. The third-order valence-electron chi connectivity index (χ3n) is 6.20. The fourth-order valence-electron chi connectivity index (χ4n) is 4.37. The van der Waals surface area contributed by atoms with E-state index in [1.54, 1.807) is 30.1 Å². The standard InChI is InChI=1S/C26H26F3N3O3S/c1-3-36-21-5-4-12-30-23(21)25(34)32-13-10-18(11-14-32)17-6-8-19(9-7-17)31-24(33)22-16(2)35-15-20(22)26(27,28)29/h4-9,12,15,18H,3,10-11,13-14H2,1-2H3,(H,31,33). The summed E-state index contributed by atoms with van der Waals surface area (Å²) in [6.45, 7) is 4.57. The number of amides is 2. The summed E-state index contributed by atoms with van der Waals surface area (Å²) >= 11 is 1.60. The van der Waals surface area contributed by atoms with Crippen LogP contribution in [0.5, 0.6) is 0 Å². The number of alkyl halides is 3. The van der Waals surface area contributed by atoms with Gasteiger partial charge in [0.25, 0.3) is 11.8 Å². The molecule has 1 aliphatic heterocycles. The molecule has 2 amide bonds. The minimum absolute atomic E-state index is 0.0594. The molecule has 0 spiro atoms. The predicted molar refractivity (Wildman–Crippen MR) is 131 cm³/mol. The Labute approximate surface area is 211 Å². The highest BCUT2D eigenvalue weighted by Gasteiger charge is 2.38. The maximum absolute atomic E-state index is 13.2. The van der Waals surface area contributed by atoms with Crippen molar-refractivity contribution in [1.29, 1.82) is 0 Å². The van der Waals surface area contributed by atoms with Crippen LogP contribution in [0.25, 0.3) is 0 Å². The Balaban J connectivity index is 1.37. The van der Waals surface area contributed by atoms with E-state index in [2.05, 4.69) is 10.3 Å². The normalized spacial score (nSPS) is 14.6. The Morgan fingerprint density at radius 2 is 1.86 bits per heavy atom. The Morgan fingerprint density at radius 3 is 2.50 bits per heavy atom. The van der Waals surface area contributed by atoms with Crippen molar-refractivity contribution in [1.82, 2.24) is 9.88 Å². The van der Waals surface area contributed by atoms with Crippen LogP contribution in [0.4, 0.5) is 18.9 Å². The second-order valence-electron chi connectivity index (χ2n) is 8.50. The number of hydrogen-bond donors (Lipinski definition) is 1. The van der Waals surface area contributed by atoms with E-state index in [-0.39, 0.29) is 17.6 Å². The number of carbonyl (C=O) groups is 2. The van der Waals surface area contributed by atoms with Crippen LogP contribution in [-0.2, 0) is 6.18 Å². The molecule has 1 fully saturated rings. The van der Waals surface area contributed by atoms with Crippen molar-refractivity contribution in [3.05, 3.63) is 77.0 Å². The molecule has 10 heteroatoms. The highest BCUT2D eigenvalue weighted by molar-refractivity contribution is 7.99. The molecule has 0 unspecified atom stereocenters. The van der Waals surface area contributed by atoms with E-state index in [9.17, 15) is 22.8 Å². The number of anilines is 1. The van der Waals surface area contributed by atoms with Gasteiger partial charge in [0, 0.05) is 29.9 Å². The first-order valence-corrected chi connectivity index (χ1v) is 12.6. The molecule has 1 aromatic carbocycles. The van der Waals surface area contributed by atoms with E-state index in [1.807, 2.05) is 36.1 Å². The number of furan rings is 1. The van der Waals surface area contributed by atoms with Crippen LogP contribution in [0, 0.1) is 6.92 Å². The molecule has 0 saturated carbocycles. The van der Waals surface area contributed by atoms with Gasteiger partial charge in [0.15, 0.2) is 0 Å². The summed E-state index contributed by atoms with van der Waals surface area (Å²) < 4.78 is 44.4. The molecule has 190 valence electrons. The van der Waals surface area contributed by atoms with E-state index in [0.717, 1.165) is 29.1 Å². The first-order valence-electron chi connectivity index (χ1n) is 11.6. The monoisotopic (exact) mass is 517 g/mol. The highest BCUT2D eigenvalue weighted by atomic mass is 32.2. The van der Waals surface area contributed by atoms with E-state index in [1.165, 1.54) is 6.92 Å². The minimum atomic E-state index is -4.68. The lowest BCUT2D eigenvalue weighted by Crippen LogP contribution is -2.38. The van der Waals surface area contributed by atoms with Crippen molar-refractivity contribution in [3.8, 4) is 0 Å². The number of hydrogen-bond acceptors (Lipinski definition) is 5. The lowest BCUT2D eigenvalue weighted by molar-refractivity contribution is -0.138. The number of benzene rings is 1. The molecule has 0 atom stereocenters. The van der Waals surface area contributed by atoms with Gasteiger partial charge in [-0.25, -0.2) is 4.98 Å². The summed E-state index contributed by atoms with van der Waals surface area (Å²) in [6, 6.07) is 10.8. The summed E-state index contributed by atoms with van der Waals surface area (Å²) in [5.74, 6) is 0.0679. The van der Waals surface area contributed by atoms with Gasteiger partial charge in [-0.1, -0.05) is 19.1 Å². The van der Waals surface area contributed by atoms with E-state index >= 15 is 0 Å². The number of carbonyl (C=O) groups excluding carboxylic acids is 2. The predicted octanol–water partition coefficient (Wildman–Crippen LogP) is 6.39. The SMILES string of the molecule is CCSc1cccnc1C(=O)N1CCC(c2ccc(NC(=O)c3c(C(F)(F)F)coc3C)cc2)CC1. The van der Waals surface area contributed by atoms with E-state index < -0.39 is 23.2 Å². The zero-order valence-corrected chi connectivity index (χ0v) is 20.7. The Bertz CT molecular complexity index is 1230. The van der Waals surface area contributed by atoms with Gasteiger partial charge < -0.3 is 14.6 Å². The van der Waals surface area contributed by atoms with E-state index in [4.69, 9.17) is 4.42 Å². The van der Waals surface area contributed by atoms with Crippen molar-refractivity contribution >= 4 is 29.3 Å². The molecule has 1 saturated heterocycles. The minimum Gasteiger partial charge on any atom is -0.468 e. The van der Waals surface area contributed by atoms with Gasteiger partial charge in [0.2, 0.25) is 0 Å². The maximum Gasteiger partial charge on any atom is 0.420 e. The molecule has 2 aromatic heterocycles. The summed E-state index contributed by atoms with van der Waals surface area (Å²) in [5.41, 5.74) is 0.319. The number of rotatable bonds is 6. The van der Waals surface area contributed by atoms with Crippen LogP contribution in [-0.4, -0.2) is 40.5 Å². The molecule has 1 N–H and O–H groups in total. The van der Waals surface area contributed by atoms with Crippen molar-refractivity contribution in [2.75, 3.05) is 24.2 Å². The molecule has 1 aliphatic rings. The Hall–Kier alpha value is -3.27. The molecular weight excluding hydrogens is 491 g/mol. The maximum atomic E-state index is 13.2. The van der Waals surface area contributed by atoms with Crippen LogP contribution < -0.4 is 5.32 Å². The van der Waals surface area contributed by atoms with Gasteiger partial charge in [-0.15, -0.1) is 11.8 Å². The fraction of sp³-hybridized carbons (Fsp3) is 0.346. The largest absolute Gasteiger partial charge is 0.468 e. The number of nitrogens with one attached hydrogen (secondary N) is 1. The quantitative estimate of drug-likeness (QED) is 0.384. The number of thioether (sulfide) groups is 1. The van der Waals surface area contributed by atoms with Gasteiger partial charge in [-0.2, -0.15) is 13.2 Å². The van der Waals surface area contributed by atoms with Crippen LogP contribution in [0.1, 0.15) is 63.4 Å². The molecule has 3 heterocycles. The summed E-state index contributed by atoms with van der Waals surface area (Å²) in [7, 11) is 0. The fourth-order valence-corrected chi connectivity index (χ4v) is 5.13. The van der Waals surface area contributed by atoms with Gasteiger partial charge in [-0.3, -0.25) is 9.59 Å². The second-order valence-corrected chi connectivity index (χ2v) is 9.81. The lowest BCUT2D eigenvalue weighted by Gasteiger charge is -2.32. The number of pyridine rings is 1. The second kappa shape index (κ2) is 10.8. The number of aromatic nitrogens is 1. The van der Waals surface area contributed by atoms with Gasteiger partial charge in [0.1, 0.15) is 23.3 Å². The van der Waals surface area contributed by atoms with Gasteiger partial charge in [0.05, 0.1) is 5.56 Å². The zero-order valence-electron chi connectivity index (χ0n) is 19.9. The lowest BCUT2D eigenvalue weighted by atomic mass is 9.89. The van der Waals surface area contributed by atoms with Crippen molar-refractivity contribution in [3.63, 3.8) is 0 Å². The van der Waals surface area contributed by atoms with Crippen LogP contribution in [0.3, 0.4) is 0 Å². The zero-order chi connectivity index (χ0) is 25.9. The third-order valence-corrected chi connectivity index (χ3v) is 7.13. The van der Waals surface area contributed by atoms with Crippen molar-refractivity contribution in [2.45, 2.75) is 43.7 Å². The average molecular weight is 518 g/mol. The Morgan fingerprint density at radius 1 is 1.17 bits per heavy atom. The Kier molecular flexibility index (Phi) is 7.73. The summed E-state index contributed by atoms with van der Waals surface area (Å²) in [4.78, 5) is 32.6. The van der Waals surface area contributed by atoms with Crippen LogP contribution in [0.2, 0.25) is 0 Å². The molecular formula is C26H26F3N3O3S. The van der Waals surface area contributed by atoms with Crippen LogP contribution >= 0.6 is 11.8 Å². The molecule has 0 radical (unpaired) electrons. The first kappa shape index (κ1) is 25.8. The summed E-state index contributed by atoms with van der Waals surface area (Å²) in [5, 5.41) is 2.52. The molecule has 3 aromatic rings. The molecule has 36 heavy (non-hydrogen) atoms. The smallest absolute Gasteiger partial charge is 0.420 e. The topological polar surface area (TPSA) is 75.4 Å². The number of aryl methyl sites for hydroxylation is 1. The number of nitrogens with zero attached hydrogens (tertiary/aromatic N) is 2. The first-order chi connectivity index (χ1) is 17.2. The van der Waals surface area contributed by atoms with Crippen molar-refractivity contribution in [2.24, 2.45) is 0 Å². The molecule has 0 bridgehead atoms. The van der Waals surface area contributed by atoms with Gasteiger partial charge >= 0.3 is 6.18 Å². The van der Waals surface area contributed by atoms with Gasteiger partial charge in [-0.05, 0) is 61.3 Å². The average Bonchev–Trinajstić information content (AvgIpc) is 3.27. The third kappa shape index (κ3) is 5.59. The highest BCUT2D eigenvalue weighted by Crippen LogP contribution is 2.35. The molecule has 4 rings (SSSR count). The van der Waals surface area contributed by atoms with Crippen LogP contribution in [0.15, 0.2) is 58.2 Å². The van der Waals surface area contributed by atoms with E-state index in [0.29, 0.717) is 30.7 Å². The molecule has 0 aliphatic carbocycles.